The van der Waals surface area contributed by atoms with Crippen LogP contribution in [0.15, 0.2) is 23.0 Å². The molecule has 26 heavy (non-hydrogen) atoms. The predicted molar refractivity (Wildman–Crippen MR) is 100 cm³/mol. The topological polar surface area (TPSA) is 54.6 Å². The molecular weight excluding hydrogens is 328 g/mol. The first-order valence-electron chi connectivity index (χ1n) is 9.78. The molecule has 0 N–H and O–H groups in total. The lowest BCUT2D eigenvalue weighted by Gasteiger charge is -2.25. The van der Waals surface area contributed by atoms with Gasteiger partial charge in [0.05, 0.1) is 24.8 Å². The second-order valence-corrected chi connectivity index (χ2v) is 7.10. The van der Waals surface area contributed by atoms with E-state index in [4.69, 9.17) is 19.1 Å². The molecule has 2 aliphatic rings. The van der Waals surface area contributed by atoms with Crippen LogP contribution in [0.1, 0.15) is 36.0 Å². The van der Waals surface area contributed by atoms with Gasteiger partial charge >= 0.3 is 0 Å². The smallest absolute Gasteiger partial charge is 0.135 e. The van der Waals surface area contributed by atoms with E-state index in [2.05, 4.69) is 22.8 Å². The number of rotatable bonds is 4. The summed E-state index contributed by atoms with van der Waals surface area (Å²) in [4.78, 5) is 14.7. The van der Waals surface area contributed by atoms with Crippen molar-refractivity contribution in [1.82, 2.24) is 14.9 Å². The van der Waals surface area contributed by atoms with Gasteiger partial charge in [-0.3, -0.25) is 4.90 Å². The quantitative estimate of drug-likeness (QED) is 0.839. The summed E-state index contributed by atoms with van der Waals surface area (Å²) in [6.45, 7) is 8.71. The van der Waals surface area contributed by atoms with Crippen molar-refractivity contribution in [1.29, 1.82) is 0 Å². The Morgan fingerprint density at radius 1 is 1.08 bits per heavy atom. The fourth-order valence-electron chi connectivity index (χ4n) is 3.85. The van der Waals surface area contributed by atoms with E-state index in [1.54, 1.807) is 6.26 Å². The van der Waals surface area contributed by atoms with Gasteiger partial charge in [0.1, 0.15) is 11.6 Å². The Hall–Kier alpha value is -1.92. The lowest BCUT2D eigenvalue weighted by molar-refractivity contribution is 0.152. The molecule has 0 unspecified atom stereocenters. The summed E-state index contributed by atoms with van der Waals surface area (Å²) in [7, 11) is 0. The highest BCUT2D eigenvalue weighted by molar-refractivity contribution is 5.50. The highest BCUT2D eigenvalue weighted by atomic mass is 16.5. The first kappa shape index (κ1) is 17.5. The van der Waals surface area contributed by atoms with Gasteiger partial charge in [0, 0.05) is 63.3 Å². The van der Waals surface area contributed by atoms with Crippen molar-refractivity contribution in [2.75, 3.05) is 44.3 Å². The number of ether oxygens (including phenoxy) is 1. The Morgan fingerprint density at radius 2 is 2.00 bits per heavy atom. The van der Waals surface area contributed by atoms with Crippen molar-refractivity contribution < 1.29 is 9.15 Å². The third-order valence-electron chi connectivity index (χ3n) is 5.28. The molecule has 0 aromatic carbocycles. The van der Waals surface area contributed by atoms with Crippen LogP contribution in [0.2, 0.25) is 0 Å². The molecular formula is C20H28N4O2. The normalized spacial score (nSPS) is 19.0. The van der Waals surface area contributed by atoms with Crippen molar-refractivity contribution >= 4 is 5.82 Å². The maximum atomic E-state index is 5.65. The van der Waals surface area contributed by atoms with Crippen LogP contribution in [0.3, 0.4) is 0 Å². The summed E-state index contributed by atoms with van der Waals surface area (Å²) in [5, 5.41) is 0. The van der Waals surface area contributed by atoms with E-state index < -0.39 is 0 Å². The molecule has 6 heteroatoms. The molecule has 4 rings (SSSR count). The molecule has 6 nitrogen and oxygen atoms in total. The lowest BCUT2D eigenvalue weighted by atomic mass is 10.1. The van der Waals surface area contributed by atoms with Crippen molar-refractivity contribution in [2.45, 2.75) is 39.2 Å². The van der Waals surface area contributed by atoms with Crippen LogP contribution in [0.5, 0.6) is 0 Å². The van der Waals surface area contributed by atoms with E-state index in [-0.39, 0.29) is 0 Å². The Bertz CT molecular complexity index is 709. The number of anilines is 1. The van der Waals surface area contributed by atoms with E-state index in [9.17, 15) is 0 Å². The average Bonchev–Trinajstić information content (AvgIpc) is 2.92. The van der Waals surface area contributed by atoms with Crippen molar-refractivity contribution in [3.8, 4) is 0 Å². The number of fused-ring (bicyclic) bond motifs is 1. The van der Waals surface area contributed by atoms with Crippen LogP contribution in [-0.2, 0) is 30.5 Å². The summed E-state index contributed by atoms with van der Waals surface area (Å²) in [5.41, 5.74) is 3.83. The molecule has 0 atom stereocenters. The minimum absolute atomic E-state index is 0.785. The van der Waals surface area contributed by atoms with Crippen LogP contribution in [0.25, 0.3) is 0 Å². The predicted octanol–water partition coefficient (Wildman–Crippen LogP) is 2.46. The summed E-state index contributed by atoms with van der Waals surface area (Å²) >= 11 is 0. The third kappa shape index (κ3) is 3.91. The van der Waals surface area contributed by atoms with Crippen LogP contribution in [0.4, 0.5) is 5.82 Å². The Labute approximate surface area is 155 Å². The summed E-state index contributed by atoms with van der Waals surface area (Å²) < 4.78 is 10.9. The van der Waals surface area contributed by atoms with Gasteiger partial charge in [-0.15, -0.1) is 0 Å². The third-order valence-corrected chi connectivity index (χ3v) is 5.28. The van der Waals surface area contributed by atoms with Crippen molar-refractivity contribution in [3.05, 3.63) is 41.2 Å². The fourth-order valence-corrected chi connectivity index (χ4v) is 3.85. The minimum atomic E-state index is 0.785. The van der Waals surface area contributed by atoms with Crippen molar-refractivity contribution in [3.63, 3.8) is 0 Å². The zero-order valence-corrected chi connectivity index (χ0v) is 15.6. The Balaban J connectivity index is 1.58. The first-order valence-corrected chi connectivity index (χ1v) is 9.78. The summed E-state index contributed by atoms with van der Waals surface area (Å²) in [6.07, 6.45) is 7.52. The standard InChI is InChI=1S/C20H28N4O2/c1-2-19-21-18-5-9-23(14-16-6-12-26-15-16)8-4-17(18)20(22-19)24-7-3-11-25-13-10-24/h6,12,15H,2-5,7-11,13-14H2,1H3. The summed E-state index contributed by atoms with van der Waals surface area (Å²) in [5.74, 6) is 2.12. The zero-order chi connectivity index (χ0) is 17.8. The number of furan rings is 1. The molecule has 0 aliphatic carbocycles. The molecule has 1 fully saturated rings. The van der Waals surface area contributed by atoms with Crippen LogP contribution in [0, 0.1) is 0 Å². The maximum Gasteiger partial charge on any atom is 0.135 e. The number of hydrogen-bond acceptors (Lipinski definition) is 6. The van der Waals surface area contributed by atoms with E-state index in [1.165, 1.54) is 16.8 Å². The molecule has 140 valence electrons. The highest BCUT2D eigenvalue weighted by Gasteiger charge is 2.23. The largest absolute Gasteiger partial charge is 0.472 e. The Morgan fingerprint density at radius 3 is 2.85 bits per heavy atom. The second-order valence-electron chi connectivity index (χ2n) is 7.10. The van der Waals surface area contributed by atoms with Gasteiger partial charge in [0.2, 0.25) is 0 Å². The van der Waals surface area contributed by atoms with Crippen LogP contribution < -0.4 is 4.90 Å². The van der Waals surface area contributed by atoms with Gasteiger partial charge < -0.3 is 14.1 Å². The van der Waals surface area contributed by atoms with E-state index in [0.29, 0.717) is 0 Å². The van der Waals surface area contributed by atoms with Gasteiger partial charge in [-0.1, -0.05) is 6.92 Å². The fraction of sp³-hybridized carbons (Fsp3) is 0.600. The number of aromatic nitrogens is 2. The average molecular weight is 356 g/mol. The number of hydrogen-bond donors (Lipinski definition) is 0. The van der Waals surface area contributed by atoms with Gasteiger partial charge in [-0.05, 0) is 18.9 Å². The van der Waals surface area contributed by atoms with E-state index >= 15 is 0 Å². The molecule has 0 amide bonds. The van der Waals surface area contributed by atoms with Crippen LogP contribution >= 0.6 is 0 Å². The first-order chi connectivity index (χ1) is 12.8. The lowest BCUT2D eigenvalue weighted by Crippen LogP contribution is -2.29. The monoisotopic (exact) mass is 356 g/mol. The van der Waals surface area contributed by atoms with Gasteiger partial charge in [-0.2, -0.15) is 0 Å². The molecule has 0 saturated carbocycles. The van der Waals surface area contributed by atoms with E-state index in [1.807, 2.05) is 6.26 Å². The SMILES string of the molecule is CCc1nc2c(c(N3CCCOCC3)n1)CCN(Cc1ccoc1)CC2. The maximum absolute atomic E-state index is 5.65. The minimum Gasteiger partial charge on any atom is -0.472 e. The number of nitrogens with zero attached hydrogens (tertiary/aromatic N) is 4. The number of aryl methyl sites for hydroxylation is 1. The van der Waals surface area contributed by atoms with E-state index in [0.717, 1.165) is 83.3 Å². The summed E-state index contributed by atoms with van der Waals surface area (Å²) in [6, 6.07) is 2.05. The molecule has 2 aromatic rings. The molecule has 1 saturated heterocycles. The van der Waals surface area contributed by atoms with Gasteiger partial charge in [0.25, 0.3) is 0 Å². The van der Waals surface area contributed by atoms with Crippen LogP contribution in [-0.4, -0.2) is 54.3 Å². The zero-order valence-electron chi connectivity index (χ0n) is 15.6. The second kappa shape index (κ2) is 8.18. The molecule has 0 spiro atoms. The molecule has 2 aromatic heterocycles. The van der Waals surface area contributed by atoms with Crippen molar-refractivity contribution in [2.24, 2.45) is 0 Å². The molecule has 4 heterocycles. The highest BCUT2D eigenvalue weighted by Crippen LogP contribution is 2.26. The van der Waals surface area contributed by atoms with Gasteiger partial charge in [-0.25, -0.2) is 9.97 Å². The molecule has 0 radical (unpaired) electrons. The molecule has 2 aliphatic heterocycles. The van der Waals surface area contributed by atoms with Gasteiger partial charge in [0.15, 0.2) is 0 Å². The Kier molecular flexibility index (Phi) is 5.51. The molecule has 0 bridgehead atoms.